The zero-order valence-electron chi connectivity index (χ0n) is 9.64. The number of alkyl halides is 3. The lowest BCUT2D eigenvalue weighted by Gasteiger charge is -2.13. The van der Waals surface area contributed by atoms with E-state index in [0.717, 1.165) is 14.0 Å². The Morgan fingerprint density at radius 1 is 1.22 bits per heavy atom. The van der Waals surface area contributed by atoms with Gasteiger partial charge in [0.15, 0.2) is 0 Å². The lowest BCUT2D eigenvalue weighted by atomic mass is 10.0. The standard InChI is InChI=1S/C12H10ClF3O2/c1-7(12(14,15)16)10(11(17)18-2)8-3-5-9(13)6-4-8/h3-6H,1-2H3. The average molecular weight is 279 g/mol. The fourth-order valence-corrected chi connectivity index (χ4v) is 1.47. The lowest BCUT2D eigenvalue weighted by Crippen LogP contribution is -2.16. The van der Waals surface area contributed by atoms with Crippen LogP contribution in [0.1, 0.15) is 12.5 Å². The van der Waals surface area contributed by atoms with Gasteiger partial charge in [-0.25, -0.2) is 4.79 Å². The molecule has 0 aliphatic carbocycles. The molecule has 0 aromatic heterocycles. The second-order valence-electron chi connectivity index (χ2n) is 3.50. The van der Waals surface area contributed by atoms with Crippen LogP contribution < -0.4 is 0 Å². The smallest absolute Gasteiger partial charge is 0.413 e. The Morgan fingerprint density at radius 3 is 2.11 bits per heavy atom. The quantitative estimate of drug-likeness (QED) is 0.607. The molecule has 0 saturated carbocycles. The highest BCUT2D eigenvalue weighted by Gasteiger charge is 2.35. The molecule has 1 rings (SSSR count). The summed E-state index contributed by atoms with van der Waals surface area (Å²) >= 11 is 5.64. The van der Waals surface area contributed by atoms with Gasteiger partial charge in [-0.2, -0.15) is 13.2 Å². The number of ether oxygens (including phenoxy) is 1. The van der Waals surface area contributed by atoms with Crippen LogP contribution in [0.2, 0.25) is 5.02 Å². The molecule has 0 fully saturated rings. The summed E-state index contributed by atoms with van der Waals surface area (Å²) < 4.78 is 42.4. The van der Waals surface area contributed by atoms with Crippen molar-refractivity contribution in [3.63, 3.8) is 0 Å². The number of hydrogen-bond acceptors (Lipinski definition) is 2. The normalized spacial score (nSPS) is 13.0. The fourth-order valence-electron chi connectivity index (χ4n) is 1.35. The van der Waals surface area contributed by atoms with Crippen molar-refractivity contribution in [2.75, 3.05) is 7.11 Å². The van der Waals surface area contributed by atoms with Crippen molar-refractivity contribution in [1.82, 2.24) is 0 Å². The van der Waals surface area contributed by atoms with Crippen molar-refractivity contribution in [3.8, 4) is 0 Å². The summed E-state index contributed by atoms with van der Waals surface area (Å²) in [5.41, 5.74) is -1.40. The van der Waals surface area contributed by atoms with Crippen molar-refractivity contribution in [3.05, 3.63) is 40.4 Å². The Bertz CT molecular complexity index is 475. The Morgan fingerprint density at radius 2 is 1.72 bits per heavy atom. The van der Waals surface area contributed by atoms with E-state index in [1.165, 1.54) is 24.3 Å². The molecule has 0 unspecified atom stereocenters. The Kier molecular flexibility index (Phi) is 4.40. The highest BCUT2D eigenvalue weighted by molar-refractivity contribution is 6.30. The first-order chi connectivity index (χ1) is 8.27. The average Bonchev–Trinajstić information content (AvgIpc) is 2.30. The molecule has 98 valence electrons. The predicted octanol–water partition coefficient (Wildman–Crippen LogP) is 3.85. The third-order valence-electron chi connectivity index (χ3n) is 2.32. The molecule has 0 N–H and O–H groups in total. The van der Waals surface area contributed by atoms with E-state index in [-0.39, 0.29) is 5.56 Å². The molecule has 0 aliphatic heterocycles. The summed E-state index contributed by atoms with van der Waals surface area (Å²) in [6, 6.07) is 5.49. The second kappa shape index (κ2) is 5.44. The molecule has 0 radical (unpaired) electrons. The van der Waals surface area contributed by atoms with Crippen LogP contribution in [0.15, 0.2) is 29.8 Å². The molecule has 0 heterocycles. The van der Waals surface area contributed by atoms with Gasteiger partial charge in [0.25, 0.3) is 0 Å². The number of carbonyl (C=O) groups is 1. The minimum absolute atomic E-state index is 0.112. The van der Waals surface area contributed by atoms with Crippen molar-refractivity contribution in [2.24, 2.45) is 0 Å². The van der Waals surface area contributed by atoms with E-state index in [1.807, 2.05) is 0 Å². The summed E-state index contributed by atoms with van der Waals surface area (Å²) in [6.45, 7) is 0.834. The molecule has 18 heavy (non-hydrogen) atoms. The molecule has 2 nitrogen and oxygen atoms in total. The highest BCUT2D eigenvalue weighted by Crippen LogP contribution is 2.33. The molecule has 0 atom stereocenters. The zero-order valence-corrected chi connectivity index (χ0v) is 10.4. The molecule has 1 aromatic carbocycles. The van der Waals surface area contributed by atoms with Crippen LogP contribution in [-0.4, -0.2) is 19.3 Å². The molecule has 0 spiro atoms. The van der Waals surface area contributed by atoms with Crippen LogP contribution >= 0.6 is 11.6 Å². The van der Waals surface area contributed by atoms with E-state index >= 15 is 0 Å². The van der Waals surface area contributed by atoms with Gasteiger partial charge in [0, 0.05) is 10.6 Å². The van der Waals surface area contributed by atoms with Crippen LogP contribution in [0.3, 0.4) is 0 Å². The highest BCUT2D eigenvalue weighted by atomic mass is 35.5. The van der Waals surface area contributed by atoms with E-state index in [9.17, 15) is 18.0 Å². The second-order valence-corrected chi connectivity index (χ2v) is 3.93. The van der Waals surface area contributed by atoms with Gasteiger partial charge >= 0.3 is 12.1 Å². The first-order valence-corrected chi connectivity index (χ1v) is 5.27. The van der Waals surface area contributed by atoms with Gasteiger partial charge in [0.05, 0.1) is 12.7 Å². The topological polar surface area (TPSA) is 26.3 Å². The number of halogens is 4. The van der Waals surface area contributed by atoms with E-state index < -0.39 is 23.3 Å². The molecule has 0 saturated heterocycles. The third kappa shape index (κ3) is 3.26. The van der Waals surface area contributed by atoms with Gasteiger partial charge in [-0.3, -0.25) is 0 Å². The fraction of sp³-hybridized carbons (Fsp3) is 0.250. The summed E-state index contributed by atoms with van der Waals surface area (Å²) in [4.78, 5) is 11.5. The number of methoxy groups -OCH3 is 1. The molecule has 1 aromatic rings. The van der Waals surface area contributed by atoms with Gasteiger partial charge in [0.1, 0.15) is 0 Å². The number of allylic oxidation sites excluding steroid dienone is 1. The summed E-state index contributed by atoms with van der Waals surface area (Å²) in [5.74, 6) is -1.04. The number of esters is 1. The summed E-state index contributed by atoms with van der Waals surface area (Å²) in [5, 5.41) is 0.368. The largest absolute Gasteiger partial charge is 0.465 e. The first-order valence-electron chi connectivity index (χ1n) is 4.89. The lowest BCUT2D eigenvalue weighted by molar-refractivity contribution is -0.134. The van der Waals surface area contributed by atoms with E-state index in [0.29, 0.717) is 5.02 Å². The maximum atomic E-state index is 12.7. The third-order valence-corrected chi connectivity index (χ3v) is 2.57. The number of hydrogen-bond donors (Lipinski definition) is 0. The minimum Gasteiger partial charge on any atom is -0.465 e. The number of rotatable bonds is 2. The Labute approximate surface area is 107 Å². The molecule has 0 aliphatic rings. The van der Waals surface area contributed by atoms with Crippen molar-refractivity contribution < 1.29 is 22.7 Å². The maximum absolute atomic E-state index is 12.7. The van der Waals surface area contributed by atoms with Gasteiger partial charge in [-0.1, -0.05) is 23.7 Å². The van der Waals surface area contributed by atoms with Crippen molar-refractivity contribution >= 4 is 23.1 Å². The Balaban J connectivity index is 3.40. The van der Waals surface area contributed by atoms with Crippen LogP contribution in [0.25, 0.3) is 5.57 Å². The maximum Gasteiger partial charge on any atom is 0.413 e. The molecular weight excluding hydrogens is 269 g/mol. The van der Waals surface area contributed by atoms with Crippen LogP contribution in [0.5, 0.6) is 0 Å². The van der Waals surface area contributed by atoms with Crippen molar-refractivity contribution in [1.29, 1.82) is 0 Å². The number of benzene rings is 1. The van der Waals surface area contributed by atoms with E-state index in [4.69, 9.17) is 11.6 Å². The van der Waals surface area contributed by atoms with Crippen LogP contribution in [-0.2, 0) is 9.53 Å². The van der Waals surface area contributed by atoms with Crippen molar-refractivity contribution in [2.45, 2.75) is 13.1 Å². The van der Waals surface area contributed by atoms with Gasteiger partial charge in [-0.05, 0) is 24.6 Å². The minimum atomic E-state index is -4.59. The molecular formula is C12H10ClF3O2. The first kappa shape index (κ1) is 14.6. The van der Waals surface area contributed by atoms with E-state index in [1.54, 1.807) is 0 Å². The summed E-state index contributed by atoms with van der Waals surface area (Å²) in [7, 11) is 1.03. The zero-order chi connectivity index (χ0) is 13.9. The molecule has 6 heteroatoms. The van der Waals surface area contributed by atoms with Crippen LogP contribution in [0, 0.1) is 0 Å². The Hall–Kier alpha value is -1.49. The summed E-state index contributed by atoms with van der Waals surface area (Å²) in [6.07, 6.45) is -4.59. The van der Waals surface area contributed by atoms with Gasteiger partial charge in [-0.15, -0.1) is 0 Å². The van der Waals surface area contributed by atoms with E-state index in [2.05, 4.69) is 4.74 Å². The predicted molar refractivity (Wildman–Crippen MR) is 62.1 cm³/mol. The monoisotopic (exact) mass is 278 g/mol. The molecule has 0 bridgehead atoms. The SMILES string of the molecule is COC(=O)C(=C(C)C(F)(F)F)c1ccc(Cl)cc1. The number of carbonyl (C=O) groups excluding carboxylic acids is 1. The van der Waals surface area contributed by atoms with Gasteiger partial charge < -0.3 is 4.74 Å². The van der Waals surface area contributed by atoms with Gasteiger partial charge in [0.2, 0.25) is 0 Å². The molecule has 0 amide bonds. The van der Waals surface area contributed by atoms with Crippen LogP contribution in [0.4, 0.5) is 13.2 Å².